The Balaban J connectivity index is 1.48. The molecule has 0 amide bonds. The number of thiophene rings is 1. The average molecular weight is 389 g/mol. The molecule has 1 aliphatic heterocycles. The van der Waals surface area contributed by atoms with Crippen molar-refractivity contribution in [2.45, 2.75) is 13.0 Å². The van der Waals surface area contributed by atoms with Crippen LogP contribution in [0.1, 0.15) is 6.92 Å². The molecule has 2 aromatic rings. The average Bonchev–Trinajstić information content (AvgIpc) is 3.24. The molecule has 2 heterocycles. The molecule has 7 heteroatoms. The molecule has 3 rings (SSSR count). The van der Waals surface area contributed by atoms with Gasteiger partial charge in [-0.3, -0.25) is 4.99 Å². The summed E-state index contributed by atoms with van der Waals surface area (Å²) in [6.45, 7) is 6.65. The van der Waals surface area contributed by atoms with Gasteiger partial charge in [0.05, 0.1) is 18.7 Å². The molecule has 1 aromatic carbocycles. The molecule has 1 aliphatic rings. The minimum absolute atomic E-state index is 0.00884. The first-order valence-electron chi connectivity index (χ1n) is 9.25. The van der Waals surface area contributed by atoms with Gasteiger partial charge in [0.25, 0.3) is 0 Å². The third kappa shape index (κ3) is 5.07. The van der Waals surface area contributed by atoms with E-state index in [2.05, 4.69) is 37.6 Å². The van der Waals surface area contributed by atoms with Crippen LogP contribution >= 0.6 is 11.3 Å². The maximum absolute atomic E-state index is 6.02. The van der Waals surface area contributed by atoms with Crippen molar-refractivity contribution in [3.05, 3.63) is 41.8 Å². The Hall–Kier alpha value is -2.41. The molecule has 27 heavy (non-hydrogen) atoms. The normalized spacial score (nSPS) is 16.2. The number of anilines is 1. The molecule has 1 unspecified atom stereocenters. The van der Waals surface area contributed by atoms with Gasteiger partial charge in [0.1, 0.15) is 6.10 Å². The van der Waals surface area contributed by atoms with Crippen LogP contribution in [0, 0.1) is 0 Å². The minimum Gasteiger partial charge on any atom is -0.493 e. The monoisotopic (exact) mass is 388 g/mol. The van der Waals surface area contributed by atoms with Gasteiger partial charge in [-0.1, -0.05) is 12.1 Å². The molecular formula is C20H28N4O2S. The maximum atomic E-state index is 6.02. The van der Waals surface area contributed by atoms with E-state index >= 15 is 0 Å². The second-order valence-electron chi connectivity index (χ2n) is 6.43. The van der Waals surface area contributed by atoms with Gasteiger partial charge in [0, 0.05) is 33.2 Å². The molecule has 1 N–H and O–H groups in total. The lowest BCUT2D eigenvalue weighted by molar-refractivity contribution is 0.211. The molecule has 0 radical (unpaired) electrons. The van der Waals surface area contributed by atoms with Gasteiger partial charge in [-0.15, -0.1) is 11.3 Å². The van der Waals surface area contributed by atoms with Crippen molar-refractivity contribution < 1.29 is 9.47 Å². The van der Waals surface area contributed by atoms with Crippen LogP contribution in [0.25, 0.3) is 0 Å². The minimum atomic E-state index is -0.00884. The number of ether oxygens (including phenoxy) is 2. The highest BCUT2D eigenvalue weighted by Gasteiger charge is 2.20. The molecule has 1 aromatic heterocycles. The van der Waals surface area contributed by atoms with Crippen molar-refractivity contribution in [1.82, 2.24) is 10.2 Å². The van der Waals surface area contributed by atoms with E-state index in [4.69, 9.17) is 9.47 Å². The smallest absolute Gasteiger partial charge is 0.193 e. The van der Waals surface area contributed by atoms with Gasteiger partial charge in [0.2, 0.25) is 0 Å². The molecular weight excluding hydrogens is 360 g/mol. The summed E-state index contributed by atoms with van der Waals surface area (Å²) < 4.78 is 11.4. The number of aliphatic imine (C=N–C) groups is 1. The maximum Gasteiger partial charge on any atom is 0.193 e. The molecule has 1 fully saturated rings. The number of benzene rings is 1. The topological polar surface area (TPSA) is 49.3 Å². The Morgan fingerprint density at radius 1 is 1.15 bits per heavy atom. The van der Waals surface area contributed by atoms with Crippen molar-refractivity contribution in [2.24, 2.45) is 4.99 Å². The highest BCUT2D eigenvalue weighted by atomic mass is 32.1. The van der Waals surface area contributed by atoms with Crippen LogP contribution < -0.4 is 19.7 Å². The number of para-hydroxylation sites is 2. The summed E-state index contributed by atoms with van der Waals surface area (Å²) in [6.07, 6.45) is -0.00884. The fourth-order valence-electron chi connectivity index (χ4n) is 3.13. The number of guanidine groups is 1. The summed E-state index contributed by atoms with van der Waals surface area (Å²) in [4.78, 5) is 9.19. The van der Waals surface area contributed by atoms with E-state index in [1.165, 1.54) is 5.00 Å². The van der Waals surface area contributed by atoms with Gasteiger partial charge in [-0.05, 0) is 36.6 Å². The quantitative estimate of drug-likeness (QED) is 0.609. The van der Waals surface area contributed by atoms with E-state index < -0.39 is 0 Å². The van der Waals surface area contributed by atoms with Crippen molar-refractivity contribution in [3.63, 3.8) is 0 Å². The second kappa shape index (κ2) is 9.50. The van der Waals surface area contributed by atoms with Crippen LogP contribution in [-0.4, -0.2) is 63.8 Å². The number of nitrogens with zero attached hydrogens (tertiary/aromatic N) is 3. The summed E-state index contributed by atoms with van der Waals surface area (Å²) in [6, 6.07) is 12.0. The zero-order chi connectivity index (χ0) is 19.1. The van der Waals surface area contributed by atoms with E-state index in [0.717, 1.165) is 43.6 Å². The second-order valence-corrected chi connectivity index (χ2v) is 7.36. The summed E-state index contributed by atoms with van der Waals surface area (Å²) in [5.74, 6) is 2.43. The van der Waals surface area contributed by atoms with Gasteiger partial charge < -0.3 is 24.6 Å². The van der Waals surface area contributed by atoms with Crippen LogP contribution in [0.3, 0.4) is 0 Å². The summed E-state index contributed by atoms with van der Waals surface area (Å²) in [7, 11) is 3.49. The zero-order valence-corrected chi connectivity index (χ0v) is 17.0. The Kier molecular flexibility index (Phi) is 6.81. The molecule has 1 saturated heterocycles. The van der Waals surface area contributed by atoms with Gasteiger partial charge >= 0.3 is 0 Å². The number of hydrogen-bond acceptors (Lipinski definition) is 5. The standard InChI is InChI=1S/C20H28N4O2S/c1-16(26-18-8-5-4-7-17(18)25-3)15-22-20(21-2)24-12-10-23(11-13-24)19-9-6-14-27-19/h4-9,14,16H,10-13,15H2,1-3H3,(H,21,22). The highest BCUT2D eigenvalue weighted by Crippen LogP contribution is 2.26. The number of hydrogen-bond donors (Lipinski definition) is 1. The van der Waals surface area contributed by atoms with E-state index in [9.17, 15) is 0 Å². The van der Waals surface area contributed by atoms with Crippen molar-refractivity contribution in [2.75, 3.05) is 51.8 Å². The van der Waals surface area contributed by atoms with Gasteiger partial charge in [-0.2, -0.15) is 0 Å². The number of rotatable bonds is 6. The largest absolute Gasteiger partial charge is 0.493 e. The molecule has 0 saturated carbocycles. The van der Waals surface area contributed by atoms with Crippen molar-refractivity contribution in [3.8, 4) is 11.5 Å². The van der Waals surface area contributed by atoms with Crippen LogP contribution in [-0.2, 0) is 0 Å². The fraction of sp³-hybridized carbons (Fsp3) is 0.450. The van der Waals surface area contributed by atoms with Crippen molar-refractivity contribution >= 4 is 22.3 Å². The Labute approximate surface area is 165 Å². The summed E-state index contributed by atoms with van der Waals surface area (Å²) in [5.41, 5.74) is 0. The van der Waals surface area contributed by atoms with Crippen LogP contribution in [0.2, 0.25) is 0 Å². The fourth-order valence-corrected chi connectivity index (χ4v) is 3.92. The summed E-state index contributed by atoms with van der Waals surface area (Å²) >= 11 is 1.80. The lowest BCUT2D eigenvalue weighted by Crippen LogP contribution is -2.53. The first-order valence-corrected chi connectivity index (χ1v) is 10.1. The highest BCUT2D eigenvalue weighted by molar-refractivity contribution is 7.14. The van der Waals surface area contributed by atoms with E-state index in [1.54, 1.807) is 18.4 Å². The zero-order valence-electron chi connectivity index (χ0n) is 16.2. The van der Waals surface area contributed by atoms with Crippen LogP contribution in [0.15, 0.2) is 46.8 Å². The molecule has 146 valence electrons. The summed E-state index contributed by atoms with van der Waals surface area (Å²) in [5, 5.41) is 6.91. The SMILES string of the molecule is CN=C(NCC(C)Oc1ccccc1OC)N1CCN(c2cccs2)CC1. The Bertz CT molecular complexity index is 727. The molecule has 0 spiro atoms. The Morgan fingerprint density at radius 3 is 2.52 bits per heavy atom. The Morgan fingerprint density at radius 2 is 1.89 bits per heavy atom. The van der Waals surface area contributed by atoms with Crippen LogP contribution in [0.4, 0.5) is 5.00 Å². The predicted molar refractivity (Wildman–Crippen MR) is 113 cm³/mol. The van der Waals surface area contributed by atoms with Gasteiger partial charge in [-0.25, -0.2) is 0 Å². The molecule has 6 nitrogen and oxygen atoms in total. The first kappa shape index (κ1) is 19.4. The predicted octanol–water partition coefficient (Wildman–Crippen LogP) is 2.92. The molecule has 0 bridgehead atoms. The molecule has 0 aliphatic carbocycles. The van der Waals surface area contributed by atoms with Gasteiger partial charge in [0.15, 0.2) is 17.5 Å². The van der Waals surface area contributed by atoms with Crippen molar-refractivity contribution in [1.29, 1.82) is 0 Å². The lowest BCUT2D eigenvalue weighted by Gasteiger charge is -2.37. The van der Waals surface area contributed by atoms with E-state index in [1.807, 2.05) is 38.2 Å². The third-order valence-corrected chi connectivity index (χ3v) is 5.48. The number of nitrogens with one attached hydrogen (secondary N) is 1. The van der Waals surface area contributed by atoms with Crippen LogP contribution in [0.5, 0.6) is 11.5 Å². The van der Waals surface area contributed by atoms with E-state index in [0.29, 0.717) is 6.54 Å². The molecule has 1 atom stereocenters. The number of methoxy groups -OCH3 is 1. The number of piperazine rings is 1. The van der Waals surface area contributed by atoms with E-state index in [-0.39, 0.29) is 6.10 Å². The third-order valence-electron chi connectivity index (χ3n) is 4.55. The first-order chi connectivity index (χ1) is 13.2. The lowest BCUT2D eigenvalue weighted by atomic mass is 10.3.